The molecular weight excluding hydrogens is 298 g/mol. The van der Waals surface area contributed by atoms with Gasteiger partial charge in [0.1, 0.15) is 16.5 Å². The lowest BCUT2D eigenvalue weighted by atomic mass is 9.86. The lowest BCUT2D eigenvalue weighted by molar-refractivity contribution is -0.142. The summed E-state index contributed by atoms with van der Waals surface area (Å²) in [6, 6.07) is 0.299. The van der Waals surface area contributed by atoms with E-state index < -0.39 is 5.97 Å². The Kier molecular flexibility index (Phi) is 4.04. The molecule has 2 aromatic heterocycles. The molecule has 0 unspecified atom stereocenters. The number of hydrogen-bond acceptors (Lipinski definition) is 5. The minimum absolute atomic E-state index is 0.185. The summed E-state index contributed by atoms with van der Waals surface area (Å²) in [5, 5.41) is 13.8. The van der Waals surface area contributed by atoms with E-state index in [-0.39, 0.29) is 5.92 Å². The van der Waals surface area contributed by atoms with Crippen LogP contribution >= 0.6 is 11.3 Å². The maximum absolute atomic E-state index is 11.0. The highest BCUT2D eigenvalue weighted by Gasteiger charge is 2.26. The molecule has 0 saturated heterocycles. The molecule has 1 fully saturated rings. The Balaban J connectivity index is 1.84. The van der Waals surface area contributed by atoms with Crippen molar-refractivity contribution < 1.29 is 9.90 Å². The first kappa shape index (κ1) is 15.2. The first-order chi connectivity index (χ1) is 10.5. The highest BCUT2D eigenvalue weighted by atomic mass is 32.1. The van der Waals surface area contributed by atoms with Gasteiger partial charge in [-0.3, -0.25) is 4.79 Å². The summed E-state index contributed by atoms with van der Waals surface area (Å²) in [6.45, 7) is 6.13. The average Bonchev–Trinajstić information content (AvgIpc) is 2.74. The standard InChI is InChI=1S/C16H21N3O2S/c1-8-9(2)22-15-13(8)14(17-10(3)18-15)19-12-6-4-11(5-7-12)16(20)21/h11-12H,4-7H2,1-3H3,(H,20,21)(H,17,18,19). The van der Waals surface area contributed by atoms with E-state index in [9.17, 15) is 4.79 Å². The number of aryl methyl sites for hydroxylation is 3. The minimum atomic E-state index is -0.664. The summed E-state index contributed by atoms with van der Waals surface area (Å²) in [4.78, 5) is 22.5. The van der Waals surface area contributed by atoms with Crippen LogP contribution in [0.1, 0.15) is 41.9 Å². The van der Waals surface area contributed by atoms with Crippen molar-refractivity contribution in [2.24, 2.45) is 5.92 Å². The summed E-state index contributed by atoms with van der Waals surface area (Å²) in [5.41, 5.74) is 1.24. The molecule has 118 valence electrons. The van der Waals surface area contributed by atoms with Crippen molar-refractivity contribution in [3.63, 3.8) is 0 Å². The van der Waals surface area contributed by atoms with E-state index in [1.165, 1.54) is 10.4 Å². The van der Waals surface area contributed by atoms with Crippen LogP contribution in [0.15, 0.2) is 0 Å². The normalized spacial score (nSPS) is 22.0. The van der Waals surface area contributed by atoms with Gasteiger partial charge in [-0.2, -0.15) is 0 Å². The summed E-state index contributed by atoms with van der Waals surface area (Å²) in [6.07, 6.45) is 3.23. The van der Waals surface area contributed by atoms with Gasteiger partial charge in [0, 0.05) is 10.9 Å². The van der Waals surface area contributed by atoms with E-state index in [0.29, 0.717) is 6.04 Å². The Hall–Kier alpha value is -1.69. The molecule has 5 nitrogen and oxygen atoms in total. The number of rotatable bonds is 3. The zero-order chi connectivity index (χ0) is 15.9. The van der Waals surface area contributed by atoms with Crippen LogP contribution in [0, 0.1) is 26.7 Å². The molecule has 0 aliphatic heterocycles. The number of thiophene rings is 1. The van der Waals surface area contributed by atoms with Crippen molar-refractivity contribution in [3.8, 4) is 0 Å². The van der Waals surface area contributed by atoms with E-state index in [0.717, 1.165) is 47.5 Å². The Labute approximate surface area is 133 Å². The van der Waals surface area contributed by atoms with E-state index >= 15 is 0 Å². The predicted octanol–water partition coefficient (Wildman–Crippen LogP) is 3.67. The fourth-order valence-corrected chi connectivity index (χ4v) is 4.21. The van der Waals surface area contributed by atoms with Gasteiger partial charge in [0.05, 0.1) is 11.3 Å². The molecule has 0 amide bonds. The lowest BCUT2D eigenvalue weighted by Crippen LogP contribution is -2.29. The maximum Gasteiger partial charge on any atom is 0.306 e. The number of nitrogens with zero attached hydrogens (tertiary/aromatic N) is 2. The predicted molar refractivity (Wildman–Crippen MR) is 88.6 cm³/mol. The topological polar surface area (TPSA) is 75.1 Å². The third-order valence-electron chi connectivity index (χ3n) is 4.56. The Morgan fingerprint density at radius 3 is 2.50 bits per heavy atom. The van der Waals surface area contributed by atoms with Gasteiger partial charge in [0.2, 0.25) is 0 Å². The number of carboxylic acids is 1. The van der Waals surface area contributed by atoms with Crippen LogP contribution < -0.4 is 5.32 Å². The van der Waals surface area contributed by atoms with Crippen LogP contribution in [-0.2, 0) is 4.79 Å². The molecule has 3 rings (SSSR count). The molecule has 0 radical (unpaired) electrons. The number of aliphatic carboxylic acids is 1. The van der Waals surface area contributed by atoms with Gasteiger partial charge in [-0.1, -0.05) is 0 Å². The van der Waals surface area contributed by atoms with Gasteiger partial charge in [-0.25, -0.2) is 9.97 Å². The Morgan fingerprint density at radius 2 is 1.86 bits per heavy atom. The molecule has 2 N–H and O–H groups in total. The van der Waals surface area contributed by atoms with Gasteiger partial charge >= 0.3 is 5.97 Å². The molecule has 1 aliphatic carbocycles. The molecule has 1 aliphatic rings. The molecule has 6 heteroatoms. The number of nitrogens with one attached hydrogen (secondary N) is 1. The quantitative estimate of drug-likeness (QED) is 0.903. The summed E-state index contributed by atoms with van der Waals surface area (Å²) >= 11 is 1.70. The minimum Gasteiger partial charge on any atom is -0.481 e. The van der Waals surface area contributed by atoms with Gasteiger partial charge in [0.15, 0.2) is 0 Å². The van der Waals surface area contributed by atoms with E-state index in [1.807, 2.05) is 6.92 Å². The SMILES string of the molecule is Cc1nc(NC2CCC(C(=O)O)CC2)c2c(C)c(C)sc2n1. The molecule has 0 spiro atoms. The van der Waals surface area contributed by atoms with Crippen LogP contribution in [0.4, 0.5) is 5.82 Å². The second kappa shape index (κ2) is 5.83. The maximum atomic E-state index is 11.0. The molecule has 22 heavy (non-hydrogen) atoms. The molecule has 0 bridgehead atoms. The first-order valence-electron chi connectivity index (χ1n) is 7.69. The molecule has 0 aromatic carbocycles. The lowest BCUT2D eigenvalue weighted by Gasteiger charge is -2.27. The third-order valence-corrected chi connectivity index (χ3v) is 5.66. The number of carboxylic acid groups (broad SMARTS) is 1. The number of aromatic nitrogens is 2. The van der Waals surface area contributed by atoms with Crippen LogP contribution in [0.2, 0.25) is 0 Å². The van der Waals surface area contributed by atoms with E-state index in [2.05, 4.69) is 29.1 Å². The van der Waals surface area contributed by atoms with Gasteiger partial charge < -0.3 is 10.4 Å². The summed E-state index contributed by atoms with van der Waals surface area (Å²) < 4.78 is 0. The Morgan fingerprint density at radius 1 is 1.18 bits per heavy atom. The van der Waals surface area contributed by atoms with Gasteiger partial charge in [-0.05, 0) is 52.0 Å². The van der Waals surface area contributed by atoms with Crippen LogP contribution in [-0.4, -0.2) is 27.1 Å². The van der Waals surface area contributed by atoms with Crippen molar-refractivity contribution in [1.29, 1.82) is 0 Å². The molecule has 2 heterocycles. The monoisotopic (exact) mass is 319 g/mol. The highest BCUT2D eigenvalue weighted by molar-refractivity contribution is 7.18. The average molecular weight is 319 g/mol. The van der Waals surface area contributed by atoms with Crippen molar-refractivity contribution >= 4 is 33.3 Å². The third kappa shape index (κ3) is 2.79. The van der Waals surface area contributed by atoms with E-state index in [1.54, 1.807) is 11.3 Å². The largest absolute Gasteiger partial charge is 0.481 e. The van der Waals surface area contributed by atoms with Crippen molar-refractivity contribution in [3.05, 3.63) is 16.3 Å². The zero-order valence-electron chi connectivity index (χ0n) is 13.1. The Bertz CT molecular complexity index is 718. The second-order valence-electron chi connectivity index (χ2n) is 6.11. The molecule has 2 aromatic rings. The van der Waals surface area contributed by atoms with Crippen molar-refractivity contribution in [2.75, 3.05) is 5.32 Å². The van der Waals surface area contributed by atoms with Crippen molar-refractivity contribution in [2.45, 2.75) is 52.5 Å². The fourth-order valence-electron chi connectivity index (χ4n) is 3.14. The van der Waals surface area contributed by atoms with Gasteiger partial charge in [-0.15, -0.1) is 11.3 Å². The van der Waals surface area contributed by atoms with Crippen LogP contribution in [0.3, 0.4) is 0 Å². The number of carbonyl (C=O) groups is 1. The van der Waals surface area contributed by atoms with E-state index in [4.69, 9.17) is 5.11 Å². The number of fused-ring (bicyclic) bond motifs is 1. The second-order valence-corrected chi connectivity index (χ2v) is 7.32. The zero-order valence-corrected chi connectivity index (χ0v) is 14.0. The van der Waals surface area contributed by atoms with Crippen molar-refractivity contribution in [1.82, 2.24) is 9.97 Å². The first-order valence-corrected chi connectivity index (χ1v) is 8.51. The number of anilines is 1. The molecule has 0 atom stereocenters. The number of hydrogen-bond donors (Lipinski definition) is 2. The summed E-state index contributed by atoms with van der Waals surface area (Å²) in [7, 11) is 0. The molecular formula is C16H21N3O2S. The summed E-state index contributed by atoms with van der Waals surface area (Å²) in [5.74, 6) is 0.831. The van der Waals surface area contributed by atoms with Crippen LogP contribution in [0.5, 0.6) is 0 Å². The highest BCUT2D eigenvalue weighted by Crippen LogP contribution is 2.35. The smallest absolute Gasteiger partial charge is 0.306 e. The van der Waals surface area contributed by atoms with Crippen LogP contribution in [0.25, 0.3) is 10.2 Å². The fraction of sp³-hybridized carbons (Fsp3) is 0.562. The molecule has 1 saturated carbocycles. The van der Waals surface area contributed by atoms with Gasteiger partial charge in [0.25, 0.3) is 0 Å².